The second-order valence-electron chi connectivity index (χ2n) is 5.72. The van der Waals surface area contributed by atoms with E-state index >= 15 is 0 Å². The summed E-state index contributed by atoms with van der Waals surface area (Å²) in [6.07, 6.45) is 8.26. The van der Waals surface area contributed by atoms with Gasteiger partial charge in [-0.15, -0.1) is 0 Å². The van der Waals surface area contributed by atoms with Gasteiger partial charge in [-0.1, -0.05) is 5.16 Å². The van der Waals surface area contributed by atoms with Gasteiger partial charge in [0.05, 0.1) is 6.10 Å². The van der Waals surface area contributed by atoms with Crippen molar-refractivity contribution in [1.82, 2.24) is 14.7 Å². The van der Waals surface area contributed by atoms with Crippen molar-refractivity contribution in [3.63, 3.8) is 0 Å². The van der Waals surface area contributed by atoms with E-state index in [0.717, 1.165) is 24.2 Å². The van der Waals surface area contributed by atoms with E-state index in [1.807, 2.05) is 23.0 Å². The van der Waals surface area contributed by atoms with E-state index in [9.17, 15) is 5.11 Å². The van der Waals surface area contributed by atoms with Gasteiger partial charge < -0.3 is 14.2 Å². The van der Waals surface area contributed by atoms with E-state index in [-0.39, 0.29) is 6.10 Å². The molecule has 0 aromatic carbocycles. The predicted octanol–water partition coefficient (Wildman–Crippen LogP) is 2.24. The maximum Gasteiger partial charge on any atom is 0.246 e. The Bertz CT molecular complexity index is 581. The van der Waals surface area contributed by atoms with Crippen molar-refractivity contribution in [2.45, 2.75) is 44.2 Å². The lowest BCUT2D eigenvalue weighted by Gasteiger charge is -2.05. The van der Waals surface area contributed by atoms with Crippen LogP contribution < -0.4 is 0 Å². The van der Waals surface area contributed by atoms with Crippen LogP contribution >= 0.6 is 0 Å². The minimum absolute atomic E-state index is 0.314. The van der Waals surface area contributed by atoms with E-state index in [2.05, 4.69) is 10.1 Å². The third-order valence-electron chi connectivity index (χ3n) is 3.93. The molecule has 2 aliphatic rings. The molecule has 2 heterocycles. The Morgan fingerprint density at radius 2 is 2.21 bits per heavy atom. The van der Waals surface area contributed by atoms with Gasteiger partial charge in [-0.25, -0.2) is 0 Å². The first-order valence-corrected chi connectivity index (χ1v) is 6.96. The first kappa shape index (κ1) is 11.2. The van der Waals surface area contributed by atoms with E-state index < -0.39 is 0 Å². The minimum Gasteiger partial charge on any atom is -0.388 e. The van der Waals surface area contributed by atoms with Gasteiger partial charge in [-0.3, -0.25) is 0 Å². The maximum atomic E-state index is 10.1. The summed E-state index contributed by atoms with van der Waals surface area (Å²) in [6, 6.07) is 1.97. The minimum atomic E-state index is -0.314. The van der Waals surface area contributed by atoms with Gasteiger partial charge in [-0.2, -0.15) is 4.98 Å². The molecule has 0 radical (unpaired) electrons. The summed E-state index contributed by atoms with van der Waals surface area (Å²) in [5.74, 6) is 2.47. The summed E-state index contributed by atoms with van der Waals surface area (Å²) < 4.78 is 7.25. The van der Waals surface area contributed by atoms with E-state index in [0.29, 0.717) is 24.3 Å². The molecule has 2 aromatic rings. The smallest absolute Gasteiger partial charge is 0.246 e. The lowest BCUT2D eigenvalue weighted by Crippen LogP contribution is -2.00. The van der Waals surface area contributed by atoms with Crippen LogP contribution in [0, 0.1) is 5.92 Å². The molecule has 1 N–H and O–H groups in total. The van der Waals surface area contributed by atoms with Crippen LogP contribution in [0.1, 0.15) is 55.0 Å². The van der Waals surface area contributed by atoms with Crippen molar-refractivity contribution in [1.29, 1.82) is 0 Å². The average Bonchev–Trinajstić information content (AvgIpc) is 3.34. The van der Waals surface area contributed by atoms with Crippen molar-refractivity contribution in [3.8, 4) is 0 Å². The van der Waals surface area contributed by atoms with Gasteiger partial charge in [0, 0.05) is 18.3 Å². The first-order chi connectivity index (χ1) is 9.29. The van der Waals surface area contributed by atoms with Crippen LogP contribution in [0.5, 0.6) is 0 Å². The molecular formula is C14H17N3O2. The van der Waals surface area contributed by atoms with Gasteiger partial charge in [0.2, 0.25) is 5.89 Å². The van der Waals surface area contributed by atoms with Crippen LogP contribution in [0.3, 0.4) is 0 Å². The van der Waals surface area contributed by atoms with Gasteiger partial charge in [0.1, 0.15) is 6.54 Å². The molecule has 1 unspecified atom stereocenters. The van der Waals surface area contributed by atoms with Crippen LogP contribution in [0.25, 0.3) is 0 Å². The number of hydrogen-bond donors (Lipinski definition) is 1. The van der Waals surface area contributed by atoms with Crippen molar-refractivity contribution >= 4 is 0 Å². The molecular weight excluding hydrogens is 242 g/mol. The molecule has 5 nitrogen and oxygen atoms in total. The fourth-order valence-corrected chi connectivity index (χ4v) is 2.41. The summed E-state index contributed by atoms with van der Waals surface area (Å²) in [6.45, 7) is 0.580. The molecule has 5 heteroatoms. The quantitative estimate of drug-likeness (QED) is 0.894. The third kappa shape index (κ3) is 2.30. The van der Waals surface area contributed by atoms with E-state index in [1.54, 1.807) is 0 Å². The summed E-state index contributed by atoms with van der Waals surface area (Å²) in [7, 11) is 0. The van der Waals surface area contributed by atoms with Crippen LogP contribution in [-0.4, -0.2) is 19.8 Å². The summed E-state index contributed by atoms with van der Waals surface area (Å²) in [5.41, 5.74) is 0.990. The molecule has 0 saturated heterocycles. The monoisotopic (exact) mass is 259 g/mol. The maximum absolute atomic E-state index is 10.1. The zero-order chi connectivity index (χ0) is 12.8. The van der Waals surface area contributed by atoms with Crippen LogP contribution in [-0.2, 0) is 6.54 Å². The van der Waals surface area contributed by atoms with Gasteiger partial charge >= 0.3 is 0 Å². The van der Waals surface area contributed by atoms with Crippen molar-refractivity contribution in [2.75, 3.05) is 0 Å². The van der Waals surface area contributed by atoms with Crippen LogP contribution in [0.2, 0.25) is 0 Å². The number of aliphatic hydroxyl groups excluding tert-OH is 1. The Labute approximate surface area is 111 Å². The summed E-state index contributed by atoms with van der Waals surface area (Å²) in [5, 5.41) is 14.1. The molecule has 1 atom stereocenters. The molecule has 0 aliphatic heterocycles. The number of aromatic nitrogens is 3. The van der Waals surface area contributed by atoms with Crippen molar-refractivity contribution in [3.05, 3.63) is 35.7 Å². The Hall–Kier alpha value is -1.62. The molecule has 19 heavy (non-hydrogen) atoms. The SMILES string of the molecule is OC(c1ccn(Cc2nc(C3CC3)no2)c1)C1CC1. The molecule has 0 bridgehead atoms. The average molecular weight is 259 g/mol. The highest BCUT2D eigenvalue weighted by molar-refractivity contribution is 5.16. The highest BCUT2D eigenvalue weighted by Gasteiger charge is 2.31. The van der Waals surface area contributed by atoms with E-state index in [1.165, 1.54) is 12.8 Å². The Kier molecular flexibility index (Phi) is 2.48. The Morgan fingerprint density at radius 3 is 2.95 bits per heavy atom. The second kappa shape index (κ2) is 4.20. The number of nitrogens with zero attached hydrogens (tertiary/aromatic N) is 3. The molecule has 0 spiro atoms. The predicted molar refractivity (Wildman–Crippen MR) is 67.5 cm³/mol. The van der Waals surface area contributed by atoms with Gasteiger partial charge in [0.25, 0.3) is 0 Å². The number of hydrogen-bond acceptors (Lipinski definition) is 4. The molecule has 0 amide bonds. The second-order valence-corrected chi connectivity index (χ2v) is 5.72. The number of aliphatic hydroxyl groups is 1. The highest BCUT2D eigenvalue weighted by Crippen LogP contribution is 2.41. The lowest BCUT2D eigenvalue weighted by atomic mass is 10.1. The summed E-state index contributed by atoms with van der Waals surface area (Å²) >= 11 is 0. The summed E-state index contributed by atoms with van der Waals surface area (Å²) in [4.78, 5) is 4.41. The van der Waals surface area contributed by atoms with Crippen LogP contribution in [0.4, 0.5) is 0 Å². The molecule has 2 aromatic heterocycles. The molecule has 100 valence electrons. The standard InChI is InChI=1S/C14H17N3O2/c18-13(9-1-2-9)11-5-6-17(7-11)8-12-15-14(16-19-12)10-3-4-10/h5-7,9-10,13,18H,1-4,8H2. The fourth-order valence-electron chi connectivity index (χ4n) is 2.41. The molecule has 2 saturated carbocycles. The first-order valence-electron chi connectivity index (χ1n) is 6.96. The molecule has 4 rings (SSSR count). The van der Waals surface area contributed by atoms with Gasteiger partial charge in [-0.05, 0) is 43.2 Å². The number of rotatable bonds is 5. The van der Waals surface area contributed by atoms with Crippen molar-refractivity contribution < 1.29 is 9.63 Å². The Morgan fingerprint density at radius 1 is 1.37 bits per heavy atom. The fraction of sp³-hybridized carbons (Fsp3) is 0.571. The molecule has 2 aliphatic carbocycles. The zero-order valence-corrected chi connectivity index (χ0v) is 10.7. The lowest BCUT2D eigenvalue weighted by molar-refractivity contribution is 0.154. The Balaban J connectivity index is 1.46. The van der Waals surface area contributed by atoms with Crippen molar-refractivity contribution in [2.24, 2.45) is 5.92 Å². The molecule has 2 fully saturated rings. The largest absolute Gasteiger partial charge is 0.388 e. The van der Waals surface area contributed by atoms with Gasteiger partial charge in [0.15, 0.2) is 5.82 Å². The highest BCUT2D eigenvalue weighted by atomic mass is 16.5. The topological polar surface area (TPSA) is 64.1 Å². The van der Waals surface area contributed by atoms with Crippen LogP contribution in [0.15, 0.2) is 23.0 Å². The normalized spacial score (nSPS) is 20.7. The van der Waals surface area contributed by atoms with E-state index in [4.69, 9.17) is 4.52 Å². The third-order valence-corrected chi connectivity index (χ3v) is 3.93. The zero-order valence-electron chi connectivity index (χ0n) is 10.7.